The summed E-state index contributed by atoms with van der Waals surface area (Å²) < 4.78 is 0. The van der Waals surface area contributed by atoms with E-state index < -0.39 is 5.54 Å². The first-order valence-electron chi connectivity index (χ1n) is 11.8. The van der Waals surface area contributed by atoms with E-state index in [4.69, 9.17) is 0 Å². The zero-order chi connectivity index (χ0) is 20.8. The monoisotopic (exact) mass is 395 g/mol. The molecule has 0 aliphatic carbocycles. The molecule has 0 spiro atoms. The van der Waals surface area contributed by atoms with Gasteiger partial charge >= 0.3 is 6.03 Å². The SMILES string of the molecule is CCCCCCCCCC1(C)NC(=O)N(CNC(C)CCCCCCC)C1=O. The Hall–Kier alpha value is -1.10. The lowest BCUT2D eigenvalue weighted by atomic mass is 9.94. The van der Waals surface area contributed by atoms with Gasteiger partial charge in [-0.3, -0.25) is 10.1 Å². The van der Waals surface area contributed by atoms with Crippen LogP contribution in [0.25, 0.3) is 0 Å². The second-order valence-electron chi connectivity index (χ2n) is 8.83. The van der Waals surface area contributed by atoms with Crippen molar-refractivity contribution in [3.63, 3.8) is 0 Å². The molecule has 5 heteroatoms. The highest BCUT2D eigenvalue weighted by Gasteiger charge is 2.46. The van der Waals surface area contributed by atoms with E-state index in [-0.39, 0.29) is 11.9 Å². The second-order valence-corrected chi connectivity index (χ2v) is 8.83. The van der Waals surface area contributed by atoms with Crippen LogP contribution in [0.2, 0.25) is 0 Å². The molecule has 1 saturated heterocycles. The molecule has 1 aliphatic rings. The van der Waals surface area contributed by atoms with Crippen LogP contribution >= 0.6 is 0 Å². The molecule has 1 rings (SSSR count). The van der Waals surface area contributed by atoms with Crippen LogP contribution < -0.4 is 10.6 Å². The van der Waals surface area contributed by atoms with Gasteiger partial charge in [-0.2, -0.15) is 0 Å². The third kappa shape index (κ3) is 8.93. The van der Waals surface area contributed by atoms with Gasteiger partial charge in [0.2, 0.25) is 0 Å². The molecular formula is C23H45N3O2. The summed E-state index contributed by atoms with van der Waals surface area (Å²) in [7, 11) is 0. The predicted molar refractivity (Wildman–Crippen MR) is 117 cm³/mol. The van der Waals surface area contributed by atoms with E-state index >= 15 is 0 Å². The molecule has 0 saturated carbocycles. The number of amides is 3. The highest BCUT2D eigenvalue weighted by Crippen LogP contribution is 2.24. The zero-order valence-electron chi connectivity index (χ0n) is 18.9. The fourth-order valence-corrected chi connectivity index (χ4v) is 3.90. The van der Waals surface area contributed by atoms with Crippen LogP contribution in [0.3, 0.4) is 0 Å². The summed E-state index contributed by atoms with van der Waals surface area (Å²) in [4.78, 5) is 26.5. The van der Waals surface area contributed by atoms with Crippen LogP contribution in [0.1, 0.15) is 118 Å². The van der Waals surface area contributed by atoms with Gasteiger partial charge in [-0.15, -0.1) is 0 Å². The van der Waals surface area contributed by atoms with E-state index in [1.807, 2.05) is 6.92 Å². The molecule has 1 fully saturated rings. The van der Waals surface area contributed by atoms with Crippen LogP contribution in [0, 0.1) is 0 Å². The fraction of sp³-hybridized carbons (Fsp3) is 0.913. The standard InChI is InChI=1S/C23H45N3O2/c1-5-7-9-11-12-14-16-18-23(4)21(27)26(22(28)25-23)19-24-20(3)17-15-13-10-8-6-2/h20,24H,5-19H2,1-4H3,(H,25,28). The van der Waals surface area contributed by atoms with Crippen LogP contribution in [0.4, 0.5) is 4.79 Å². The molecule has 3 amide bonds. The number of carbonyl (C=O) groups excluding carboxylic acids is 2. The van der Waals surface area contributed by atoms with Crippen molar-refractivity contribution < 1.29 is 9.59 Å². The summed E-state index contributed by atoms with van der Waals surface area (Å²) in [6, 6.07) is 0.0651. The van der Waals surface area contributed by atoms with Gasteiger partial charge < -0.3 is 5.32 Å². The first-order valence-corrected chi connectivity index (χ1v) is 11.8. The maximum atomic E-state index is 12.8. The van der Waals surface area contributed by atoms with Gasteiger partial charge in [-0.25, -0.2) is 9.69 Å². The van der Waals surface area contributed by atoms with Gasteiger partial charge in [0.1, 0.15) is 5.54 Å². The molecule has 1 aliphatic heterocycles. The largest absolute Gasteiger partial charge is 0.326 e. The Morgan fingerprint density at radius 2 is 1.43 bits per heavy atom. The smallest absolute Gasteiger partial charge is 0.323 e. The average Bonchev–Trinajstić information content (AvgIpc) is 2.88. The minimum Gasteiger partial charge on any atom is -0.323 e. The third-order valence-electron chi connectivity index (χ3n) is 5.96. The maximum absolute atomic E-state index is 12.8. The summed E-state index contributed by atoms with van der Waals surface area (Å²) in [6.07, 6.45) is 16.6. The molecule has 164 valence electrons. The van der Waals surface area contributed by atoms with Crippen molar-refractivity contribution in [2.45, 2.75) is 129 Å². The Labute approximate surface area is 173 Å². The first-order chi connectivity index (χ1) is 13.4. The third-order valence-corrected chi connectivity index (χ3v) is 5.96. The van der Waals surface area contributed by atoms with Crippen molar-refractivity contribution in [3.05, 3.63) is 0 Å². The minimum absolute atomic E-state index is 0.0777. The summed E-state index contributed by atoms with van der Waals surface area (Å²) in [5.74, 6) is -0.0777. The van der Waals surface area contributed by atoms with E-state index in [1.165, 1.54) is 69.1 Å². The Morgan fingerprint density at radius 1 is 0.893 bits per heavy atom. The maximum Gasteiger partial charge on any atom is 0.326 e. The zero-order valence-corrected chi connectivity index (χ0v) is 18.9. The highest BCUT2D eigenvalue weighted by atomic mass is 16.2. The van der Waals surface area contributed by atoms with Crippen molar-refractivity contribution in [1.82, 2.24) is 15.5 Å². The Morgan fingerprint density at radius 3 is 2.04 bits per heavy atom. The summed E-state index contributed by atoms with van der Waals surface area (Å²) in [6.45, 7) is 8.78. The van der Waals surface area contributed by atoms with Gasteiger partial charge in [-0.1, -0.05) is 90.9 Å². The molecule has 0 radical (unpaired) electrons. The fourth-order valence-electron chi connectivity index (χ4n) is 3.90. The van der Waals surface area contributed by atoms with Crippen molar-refractivity contribution in [3.8, 4) is 0 Å². The second kappa shape index (κ2) is 14.0. The lowest BCUT2D eigenvalue weighted by Crippen LogP contribution is -2.45. The Kier molecular flexibility index (Phi) is 12.4. The molecule has 0 bridgehead atoms. The number of nitrogens with zero attached hydrogens (tertiary/aromatic N) is 1. The van der Waals surface area contributed by atoms with Crippen LogP contribution in [-0.4, -0.2) is 35.1 Å². The molecule has 0 aromatic heterocycles. The molecule has 2 N–H and O–H groups in total. The number of unbranched alkanes of at least 4 members (excludes halogenated alkanes) is 10. The normalized spacial score (nSPS) is 20.6. The van der Waals surface area contributed by atoms with Crippen molar-refractivity contribution in [2.75, 3.05) is 6.67 Å². The van der Waals surface area contributed by atoms with E-state index in [0.717, 1.165) is 25.7 Å². The van der Waals surface area contributed by atoms with Gasteiger partial charge in [0.15, 0.2) is 0 Å². The summed E-state index contributed by atoms with van der Waals surface area (Å²) in [5, 5.41) is 6.28. The summed E-state index contributed by atoms with van der Waals surface area (Å²) in [5.41, 5.74) is -0.731. The van der Waals surface area contributed by atoms with Crippen LogP contribution in [0.5, 0.6) is 0 Å². The Balaban J connectivity index is 2.27. The summed E-state index contributed by atoms with van der Waals surface area (Å²) >= 11 is 0. The minimum atomic E-state index is -0.731. The number of nitrogens with one attached hydrogen (secondary N) is 2. The molecule has 5 nitrogen and oxygen atoms in total. The lowest BCUT2D eigenvalue weighted by molar-refractivity contribution is -0.131. The van der Waals surface area contributed by atoms with Crippen LogP contribution in [0.15, 0.2) is 0 Å². The molecule has 0 aromatic rings. The van der Waals surface area contributed by atoms with Gasteiger partial charge in [0.05, 0.1) is 6.67 Å². The molecular weight excluding hydrogens is 350 g/mol. The number of imide groups is 1. The van der Waals surface area contributed by atoms with E-state index in [2.05, 4.69) is 31.4 Å². The molecule has 0 aromatic carbocycles. The van der Waals surface area contributed by atoms with E-state index in [1.54, 1.807) is 0 Å². The van der Waals surface area contributed by atoms with Gasteiger partial charge in [-0.05, 0) is 26.7 Å². The molecule has 28 heavy (non-hydrogen) atoms. The predicted octanol–water partition coefficient (Wildman–Crippen LogP) is 5.73. The molecule has 1 heterocycles. The van der Waals surface area contributed by atoms with Crippen LogP contribution in [-0.2, 0) is 4.79 Å². The van der Waals surface area contributed by atoms with E-state index in [9.17, 15) is 9.59 Å². The highest BCUT2D eigenvalue weighted by molar-refractivity contribution is 6.06. The van der Waals surface area contributed by atoms with Gasteiger partial charge in [0, 0.05) is 6.04 Å². The number of carbonyl (C=O) groups is 2. The quantitative estimate of drug-likeness (QED) is 0.244. The average molecular weight is 396 g/mol. The van der Waals surface area contributed by atoms with Crippen molar-refractivity contribution >= 4 is 11.9 Å². The lowest BCUT2D eigenvalue weighted by Gasteiger charge is -2.22. The number of hydrogen-bond donors (Lipinski definition) is 2. The molecule has 2 unspecified atom stereocenters. The van der Waals surface area contributed by atoms with Gasteiger partial charge in [0.25, 0.3) is 5.91 Å². The first kappa shape index (κ1) is 24.9. The number of rotatable bonds is 17. The van der Waals surface area contributed by atoms with Crippen molar-refractivity contribution in [2.24, 2.45) is 0 Å². The molecule has 2 atom stereocenters. The number of hydrogen-bond acceptors (Lipinski definition) is 3. The number of urea groups is 1. The van der Waals surface area contributed by atoms with Crippen molar-refractivity contribution in [1.29, 1.82) is 0 Å². The Bertz CT molecular complexity index is 455. The topological polar surface area (TPSA) is 61.4 Å². The van der Waals surface area contributed by atoms with E-state index in [0.29, 0.717) is 12.7 Å².